The molecule has 0 bridgehead atoms. The topological polar surface area (TPSA) is 49.8 Å². The predicted molar refractivity (Wildman–Crippen MR) is 135 cm³/mol. The number of rotatable bonds is 11. The van der Waals surface area contributed by atoms with Crippen LogP contribution in [0.2, 0.25) is 0 Å². The Kier molecular flexibility index (Phi) is 8.92. The van der Waals surface area contributed by atoms with E-state index in [9.17, 15) is 0 Å². The average Bonchev–Trinajstić information content (AvgIpc) is 2.80. The minimum Gasteiger partial charge on any atom is -0.370 e. The van der Waals surface area contributed by atoms with Crippen LogP contribution in [0.4, 0.5) is 11.6 Å². The third kappa shape index (κ3) is 6.83. The summed E-state index contributed by atoms with van der Waals surface area (Å²) in [6.45, 7) is 1.97. The van der Waals surface area contributed by atoms with Crippen LogP contribution in [-0.4, -0.2) is 23.1 Å². The van der Waals surface area contributed by atoms with E-state index < -0.39 is 0 Å². The Hall–Kier alpha value is -2.85. The van der Waals surface area contributed by atoms with Gasteiger partial charge in [-0.1, -0.05) is 62.1 Å². The molecule has 4 rings (SSSR count). The molecule has 162 valence electrons. The van der Waals surface area contributed by atoms with Crippen molar-refractivity contribution in [2.24, 2.45) is 0 Å². The summed E-state index contributed by atoms with van der Waals surface area (Å²) in [5.41, 5.74) is 2.10. The lowest BCUT2D eigenvalue weighted by Gasteiger charge is -2.08. The van der Waals surface area contributed by atoms with Crippen molar-refractivity contribution in [2.45, 2.75) is 38.5 Å². The Morgan fingerprint density at radius 2 is 0.903 bits per heavy atom. The quantitative estimate of drug-likeness (QED) is 0.248. The van der Waals surface area contributed by atoms with Crippen LogP contribution in [0.25, 0.3) is 21.8 Å². The van der Waals surface area contributed by atoms with E-state index in [0.29, 0.717) is 0 Å². The van der Waals surface area contributed by atoms with Gasteiger partial charge in [-0.2, -0.15) is 0 Å². The van der Waals surface area contributed by atoms with Gasteiger partial charge in [0.25, 0.3) is 0 Å². The molecule has 0 saturated carbocycles. The van der Waals surface area contributed by atoms with Crippen molar-refractivity contribution >= 4 is 45.8 Å². The predicted octanol–water partition coefficient (Wildman–Crippen LogP) is 7.07. The highest BCUT2D eigenvalue weighted by Gasteiger charge is 1.99. The molecule has 0 aliphatic carbocycles. The first kappa shape index (κ1) is 22.8. The number of hydrogen-bond acceptors (Lipinski definition) is 4. The van der Waals surface area contributed by atoms with Crippen LogP contribution in [0, 0.1) is 0 Å². The van der Waals surface area contributed by atoms with Gasteiger partial charge in [-0.3, -0.25) is 0 Å². The molecule has 0 saturated heterocycles. The fraction of sp³-hybridized carbons (Fsp3) is 0.308. The van der Waals surface area contributed by atoms with Crippen LogP contribution < -0.4 is 10.6 Å². The first-order chi connectivity index (χ1) is 14.9. The van der Waals surface area contributed by atoms with Crippen molar-refractivity contribution < 1.29 is 0 Å². The third-order valence-electron chi connectivity index (χ3n) is 5.41. The molecular weight excluding hydrogens is 404 g/mol. The summed E-state index contributed by atoms with van der Waals surface area (Å²) in [5.74, 6) is 1.95. The Morgan fingerprint density at radius 3 is 1.39 bits per heavy atom. The smallest absolute Gasteiger partial charge is 0.126 e. The number of nitrogens with zero attached hydrogens (tertiary/aromatic N) is 2. The maximum atomic E-state index is 4.66. The SMILES string of the molecule is Cl.c1ccc2nc(NCCCCCCCCNc3ccc4ccccc4n3)ccc2c1. The largest absolute Gasteiger partial charge is 0.370 e. The van der Waals surface area contributed by atoms with E-state index in [2.05, 4.69) is 69.1 Å². The molecular formula is C26H31ClN4. The van der Waals surface area contributed by atoms with Gasteiger partial charge in [-0.15, -0.1) is 12.4 Å². The summed E-state index contributed by atoms with van der Waals surface area (Å²) in [6, 6.07) is 24.9. The Bertz CT molecular complexity index is 996. The zero-order chi connectivity index (χ0) is 20.4. The van der Waals surface area contributed by atoms with Crippen LogP contribution in [0.3, 0.4) is 0 Å². The lowest BCUT2D eigenvalue weighted by molar-refractivity contribution is 0.610. The summed E-state index contributed by atoms with van der Waals surface area (Å²) < 4.78 is 0. The second-order valence-electron chi connectivity index (χ2n) is 7.75. The number of para-hydroxylation sites is 2. The maximum absolute atomic E-state index is 4.66. The second kappa shape index (κ2) is 12.1. The summed E-state index contributed by atoms with van der Waals surface area (Å²) in [4.78, 5) is 9.32. The van der Waals surface area contributed by atoms with Gasteiger partial charge in [-0.25, -0.2) is 9.97 Å². The zero-order valence-corrected chi connectivity index (χ0v) is 18.7. The average molecular weight is 435 g/mol. The lowest BCUT2D eigenvalue weighted by atomic mass is 10.1. The van der Waals surface area contributed by atoms with Crippen LogP contribution in [-0.2, 0) is 0 Å². The molecule has 0 unspecified atom stereocenters. The van der Waals surface area contributed by atoms with Crippen molar-refractivity contribution in [1.29, 1.82) is 0 Å². The molecule has 4 nitrogen and oxygen atoms in total. The van der Waals surface area contributed by atoms with Crippen molar-refractivity contribution in [3.63, 3.8) is 0 Å². The van der Waals surface area contributed by atoms with E-state index in [0.717, 1.165) is 35.8 Å². The van der Waals surface area contributed by atoms with Crippen molar-refractivity contribution in [3.8, 4) is 0 Å². The van der Waals surface area contributed by atoms with Gasteiger partial charge in [0.15, 0.2) is 0 Å². The first-order valence-electron chi connectivity index (χ1n) is 11.1. The Labute approximate surface area is 190 Å². The van der Waals surface area contributed by atoms with Gasteiger partial charge in [0, 0.05) is 23.9 Å². The number of benzene rings is 2. The number of pyridine rings is 2. The molecule has 0 aliphatic rings. The molecule has 2 N–H and O–H groups in total. The third-order valence-corrected chi connectivity index (χ3v) is 5.41. The van der Waals surface area contributed by atoms with Gasteiger partial charge < -0.3 is 10.6 Å². The highest BCUT2D eigenvalue weighted by atomic mass is 35.5. The number of halogens is 1. The number of fused-ring (bicyclic) bond motifs is 2. The lowest BCUT2D eigenvalue weighted by Crippen LogP contribution is -2.04. The molecule has 0 radical (unpaired) electrons. The molecule has 5 heteroatoms. The van der Waals surface area contributed by atoms with Crippen LogP contribution in [0.1, 0.15) is 38.5 Å². The molecule has 0 atom stereocenters. The number of hydrogen-bond donors (Lipinski definition) is 2. The van der Waals surface area contributed by atoms with E-state index >= 15 is 0 Å². The van der Waals surface area contributed by atoms with E-state index in [1.54, 1.807) is 0 Å². The van der Waals surface area contributed by atoms with Crippen molar-refractivity contribution in [1.82, 2.24) is 9.97 Å². The second-order valence-corrected chi connectivity index (χ2v) is 7.75. The molecule has 2 heterocycles. The van der Waals surface area contributed by atoms with E-state index in [4.69, 9.17) is 0 Å². The number of nitrogens with one attached hydrogen (secondary N) is 2. The molecule has 2 aromatic carbocycles. The minimum absolute atomic E-state index is 0. The molecule has 4 aromatic rings. The van der Waals surface area contributed by atoms with Crippen LogP contribution >= 0.6 is 12.4 Å². The monoisotopic (exact) mass is 434 g/mol. The minimum atomic E-state index is 0. The summed E-state index contributed by atoms with van der Waals surface area (Å²) >= 11 is 0. The maximum Gasteiger partial charge on any atom is 0.126 e. The molecule has 31 heavy (non-hydrogen) atoms. The van der Waals surface area contributed by atoms with Gasteiger partial charge >= 0.3 is 0 Å². The number of aromatic nitrogens is 2. The number of unbranched alkanes of at least 4 members (excludes halogenated alkanes) is 5. The molecule has 0 amide bonds. The van der Waals surface area contributed by atoms with Gasteiger partial charge in [-0.05, 0) is 49.2 Å². The van der Waals surface area contributed by atoms with Gasteiger partial charge in [0.1, 0.15) is 11.6 Å². The zero-order valence-electron chi connectivity index (χ0n) is 17.9. The van der Waals surface area contributed by atoms with Gasteiger partial charge in [0.2, 0.25) is 0 Å². The molecule has 0 fully saturated rings. The van der Waals surface area contributed by atoms with Crippen LogP contribution in [0.15, 0.2) is 72.8 Å². The highest BCUT2D eigenvalue weighted by Crippen LogP contribution is 2.16. The molecule has 2 aromatic heterocycles. The fourth-order valence-corrected chi connectivity index (χ4v) is 3.72. The Morgan fingerprint density at radius 1 is 0.484 bits per heavy atom. The highest BCUT2D eigenvalue weighted by molar-refractivity contribution is 5.85. The van der Waals surface area contributed by atoms with Crippen LogP contribution in [0.5, 0.6) is 0 Å². The van der Waals surface area contributed by atoms with Crippen molar-refractivity contribution in [3.05, 3.63) is 72.8 Å². The Balaban J connectivity index is 0.00000272. The first-order valence-corrected chi connectivity index (χ1v) is 11.1. The van der Waals surface area contributed by atoms with E-state index in [-0.39, 0.29) is 12.4 Å². The summed E-state index contributed by atoms with van der Waals surface area (Å²) in [6.07, 6.45) is 7.49. The molecule has 0 aliphatic heterocycles. The van der Waals surface area contributed by atoms with E-state index in [1.807, 2.05) is 24.3 Å². The fourth-order valence-electron chi connectivity index (χ4n) is 3.72. The number of anilines is 2. The standard InChI is InChI=1S/C26H30N4.ClH/c1(3-9-19-27-25-17-15-21-11-5-7-13-23(21)29-25)2-4-10-20-28-26-18-16-22-12-6-8-14-24(22)30-26;/h5-8,11-18H,1-4,9-10,19-20H2,(H,27,29)(H,28,30);1H. The summed E-state index contributed by atoms with van der Waals surface area (Å²) in [5, 5.41) is 9.28. The van der Waals surface area contributed by atoms with Crippen molar-refractivity contribution in [2.75, 3.05) is 23.7 Å². The summed E-state index contributed by atoms with van der Waals surface area (Å²) in [7, 11) is 0. The molecule has 0 spiro atoms. The normalized spacial score (nSPS) is 10.7. The van der Waals surface area contributed by atoms with Gasteiger partial charge in [0.05, 0.1) is 11.0 Å². The van der Waals surface area contributed by atoms with E-state index in [1.165, 1.54) is 49.3 Å².